The molecule has 3 aromatic rings. The summed E-state index contributed by atoms with van der Waals surface area (Å²) >= 11 is 1.45. The highest BCUT2D eigenvalue weighted by atomic mass is 32.2. The van der Waals surface area contributed by atoms with Gasteiger partial charge in [-0.15, -0.1) is 11.8 Å². The topological polar surface area (TPSA) is 72.8 Å². The van der Waals surface area contributed by atoms with Crippen molar-refractivity contribution >= 4 is 40.2 Å². The number of benzene rings is 2. The van der Waals surface area contributed by atoms with Gasteiger partial charge < -0.3 is 24.3 Å². The zero-order chi connectivity index (χ0) is 22.5. The molecular weight excluding hydrogens is 426 g/mol. The number of carbonyl (C=O) groups is 2. The number of carbonyl (C=O) groups excluding carboxylic acids is 2. The van der Waals surface area contributed by atoms with Crippen molar-refractivity contribution < 1.29 is 19.1 Å². The van der Waals surface area contributed by atoms with Crippen molar-refractivity contribution in [2.24, 2.45) is 0 Å². The minimum atomic E-state index is -0.147. The Kier molecular flexibility index (Phi) is 6.90. The number of rotatable bonds is 8. The summed E-state index contributed by atoms with van der Waals surface area (Å²) in [6, 6.07) is 13.2. The number of nitrogens with one attached hydrogen (secondary N) is 1. The number of ether oxygens (including phenoxy) is 2. The van der Waals surface area contributed by atoms with Crippen molar-refractivity contribution in [3.05, 3.63) is 48.7 Å². The molecular formula is C24H27N3O4S. The Morgan fingerprint density at radius 2 is 1.84 bits per heavy atom. The smallest absolute Gasteiger partial charge is 0.242 e. The first-order valence-electron chi connectivity index (χ1n) is 10.6. The Labute approximate surface area is 191 Å². The molecule has 1 aliphatic heterocycles. The van der Waals surface area contributed by atoms with E-state index in [9.17, 15) is 9.59 Å². The maximum absolute atomic E-state index is 12.7. The van der Waals surface area contributed by atoms with Gasteiger partial charge in [-0.1, -0.05) is 18.2 Å². The molecule has 0 saturated carbocycles. The summed E-state index contributed by atoms with van der Waals surface area (Å²) in [6.07, 6.45) is 4.13. The number of thioether (sulfide) groups is 1. The van der Waals surface area contributed by atoms with E-state index in [0.717, 1.165) is 41.7 Å². The Balaban J connectivity index is 1.46. The van der Waals surface area contributed by atoms with E-state index >= 15 is 0 Å². The lowest BCUT2D eigenvalue weighted by Gasteiger charge is -2.15. The minimum absolute atomic E-state index is 0.141. The lowest BCUT2D eigenvalue weighted by Crippen LogP contribution is -2.30. The number of para-hydroxylation sites is 1. The molecule has 8 heteroatoms. The third kappa shape index (κ3) is 4.85. The Hall–Kier alpha value is -3.13. The number of anilines is 1. The second-order valence-corrected chi connectivity index (χ2v) is 8.65. The quantitative estimate of drug-likeness (QED) is 0.522. The summed E-state index contributed by atoms with van der Waals surface area (Å²) in [5.41, 5.74) is 1.56. The number of nitrogens with zero attached hydrogens (tertiary/aromatic N) is 2. The first-order valence-corrected chi connectivity index (χ1v) is 11.6. The first kappa shape index (κ1) is 22.1. The van der Waals surface area contributed by atoms with Crippen molar-refractivity contribution in [3.8, 4) is 11.5 Å². The van der Waals surface area contributed by atoms with E-state index in [1.165, 1.54) is 11.8 Å². The van der Waals surface area contributed by atoms with Gasteiger partial charge in [-0.25, -0.2) is 0 Å². The van der Waals surface area contributed by atoms with E-state index in [4.69, 9.17) is 9.47 Å². The highest BCUT2D eigenvalue weighted by Gasteiger charge is 2.20. The molecule has 0 unspecified atom stereocenters. The zero-order valence-corrected chi connectivity index (χ0v) is 19.1. The molecule has 1 saturated heterocycles. The van der Waals surface area contributed by atoms with Gasteiger partial charge in [-0.05, 0) is 31.0 Å². The molecule has 7 nitrogen and oxygen atoms in total. The number of aromatic nitrogens is 1. The molecule has 2 heterocycles. The number of likely N-dealkylation sites (tertiary alicyclic amines) is 1. The molecule has 4 rings (SSSR count). The van der Waals surface area contributed by atoms with Crippen LogP contribution in [0.2, 0.25) is 0 Å². The van der Waals surface area contributed by atoms with E-state index < -0.39 is 0 Å². The normalized spacial score (nSPS) is 13.4. The molecule has 1 aliphatic rings. The predicted molar refractivity (Wildman–Crippen MR) is 127 cm³/mol. The van der Waals surface area contributed by atoms with E-state index in [-0.39, 0.29) is 17.6 Å². The van der Waals surface area contributed by atoms with Crippen LogP contribution in [-0.4, -0.2) is 54.3 Å². The molecule has 1 N–H and O–H groups in total. The Bertz CT molecular complexity index is 1120. The summed E-state index contributed by atoms with van der Waals surface area (Å²) in [6.45, 7) is 2.00. The molecule has 0 aliphatic carbocycles. The van der Waals surface area contributed by atoms with Gasteiger partial charge in [0.1, 0.15) is 18.0 Å². The maximum atomic E-state index is 12.7. The Morgan fingerprint density at radius 3 is 2.59 bits per heavy atom. The second-order valence-electron chi connectivity index (χ2n) is 7.63. The van der Waals surface area contributed by atoms with Gasteiger partial charge >= 0.3 is 0 Å². The first-order chi connectivity index (χ1) is 15.6. The van der Waals surface area contributed by atoms with E-state index in [1.807, 2.05) is 39.9 Å². The monoisotopic (exact) mass is 453 g/mol. The largest absolute Gasteiger partial charge is 0.497 e. The van der Waals surface area contributed by atoms with Crippen molar-refractivity contribution in [3.63, 3.8) is 0 Å². The SMILES string of the molecule is COc1ccc(OC)c(NC(=O)CSc2cn(CC(=O)N3CCCC3)c3ccccc23)c1. The third-order valence-electron chi connectivity index (χ3n) is 5.56. The summed E-state index contributed by atoms with van der Waals surface area (Å²) in [5.74, 6) is 1.43. The number of methoxy groups -OCH3 is 2. The number of hydrogen-bond acceptors (Lipinski definition) is 5. The van der Waals surface area contributed by atoms with E-state index in [1.54, 1.807) is 32.4 Å². The van der Waals surface area contributed by atoms with Crippen molar-refractivity contribution in [1.29, 1.82) is 0 Å². The van der Waals surface area contributed by atoms with Crippen LogP contribution in [0.5, 0.6) is 11.5 Å². The van der Waals surface area contributed by atoms with Crippen LogP contribution in [-0.2, 0) is 16.1 Å². The number of amides is 2. The predicted octanol–water partition coefficient (Wildman–Crippen LogP) is 4.01. The van der Waals surface area contributed by atoms with Crippen LogP contribution in [0.1, 0.15) is 12.8 Å². The van der Waals surface area contributed by atoms with Gasteiger partial charge in [0.15, 0.2) is 0 Å². The average Bonchev–Trinajstić information content (AvgIpc) is 3.47. The van der Waals surface area contributed by atoms with Crippen LogP contribution in [0.3, 0.4) is 0 Å². The van der Waals surface area contributed by atoms with Crippen LogP contribution >= 0.6 is 11.8 Å². The fraction of sp³-hybridized carbons (Fsp3) is 0.333. The molecule has 0 atom stereocenters. The van der Waals surface area contributed by atoms with Gasteiger partial charge in [-0.3, -0.25) is 9.59 Å². The third-order valence-corrected chi connectivity index (χ3v) is 6.60. The average molecular weight is 454 g/mol. The van der Waals surface area contributed by atoms with Crippen LogP contribution in [0.4, 0.5) is 5.69 Å². The highest BCUT2D eigenvalue weighted by Crippen LogP contribution is 2.32. The minimum Gasteiger partial charge on any atom is -0.497 e. The number of fused-ring (bicyclic) bond motifs is 1. The van der Waals surface area contributed by atoms with Crippen molar-refractivity contribution in [1.82, 2.24) is 9.47 Å². The summed E-state index contributed by atoms with van der Waals surface area (Å²) in [4.78, 5) is 28.2. The van der Waals surface area contributed by atoms with Crippen LogP contribution < -0.4 is 14.8 Å². The molecule has 1 fully saturated rings. The van der Waals surface area contributed by atoms with Gasteiger partial charge in [0, 0.05) is 41.2 Å². The lowest BCUT2D eigenvalue weighted by molar-refractivity contribution is -0.130. The Morgan fingerprint density at radius 1 is 1.06 bits per heavy atom. The molecule has 2 aromatic carbocycles. The van der Waals surface area contributed by atoms with Gasteiger partial charge in [0.25, 0.3) is 0 Å². The van der Waals surface area contributed by atoms with Gasteiger partial charge in [0.05, 0.1) is 25.7 Å². The van der Waals surface area contributed by atoms with Crippen molar-refractivity contribution in [2.45, 2.75) is 24.3 Å². The van der Waals surface area contributed by atoms with E-state index in [2.05, 4.69) is 5.32 Å². The fourth-order valence-corrected chi connectivity index (χ4v) is 4.80. The summed E-state index contributed by atoms with van der Waals surface area (Å²) in [5, 5.41) is 3.94. The van der Waals surface area contributed by atoms with Gasteiger partial charge in [-0.2, -0.15) is 0 Å². The maximum Gasteiger partial charge on any atom is 0.242 e. The highest BCUT2D eigenvalue weighted by molar-refractivity contribution is 8.00. The summed E-state index contributed by atoms with van der Waals surface area (Å²) < 4.78 is 12.6. The zero-order valence-electron chi connectivity index (χ0n) is 18.3. The van der Waals surface area contributed by atoms with E-state index in [0.29, 0.717) is 23.7 Å². The standard InChI is InChI=1S/C24H27N3O4S/c1-30-17-9-10-21(31-2)19(13-17)25-23(28)16-32-22-14-27(20-8-4-3-7-18(20)22)15-24(29)26-11-5-6-12-26/h3-4,7-10,13-14H,5-6,11-12,15-16H2,1-2H3,(H,25,28). The molecule has 32 heavy (non-hydrogen) atoms. The molecule has 0 radical (unpaired) electrons. The summed E-state index contributed by atoms with van der Waals surface area (Å²) in [7, 11) is 3.14. The van der Waals surface area contributed by atoms with Crippen LogP contribution in [0.15, 0.2) is 53.6 Å². The fourth-order valence-electron chi connectivity index (χ4n) is 3.91. The lowest BCUT2D eigenvalue weighted by atomic mass is 10.2. The molecule has 168 valence electrons. The second kappa shape index (κ2) is 9.99. The van der Waals surface area contributed by atoms with Crippen molar-refractivity contribution in [2.75, 3.05) is 38.4 Å². The molecule has 1 aromatic heterocycles. The molecule has 0 spiro atoms. The van der Waals surface area contributed by atoms with Crippen LogP contribution in [0.25, 0.3) is 10.9 Å². The van der Waals surface area contributed by atoms with Gasteiger partial charge in [0.2, 0.25) is 11.8 Å². The molecule has 2 amide bonds. The molecule has 0 bridgehead atoms. The van der Waals surface area contributed by atoms with Crippen LogP contribution in [0, 0.1) is 0 Å². The number of hydrogen-bond donors (Lipinski definition) is 1.